The molecule has 1 aliphatic heterocycles. The van der Waals surface area contributed by atoms with Gasteiger partial charge in [0.05, 0.1) is 0 Å². The molecule has 152 valence electrons. The molecule has 2 aromatic carbocycles. The average molecular weight is 427 g/mol. The lowest BCUT2D eigenvalue weighted by atomic mass is 10.0. The number of aromatic nitrogens is 1. The van der Waals surface area contributed by atoms with Crippen LogP contribution in [0.2, 0.25) is 0 Å². The van der Waals surface area contributed by atoms with E-state index in [9.17, 15) is 4.79 Å². The Balaban J connectivity index is 0.00000240. The van der Waals surface area contributed by atoms with Crippen molar-refractivity contribution >= 4 is 40.8 Å². The first kappa shape index (κ1) is 21.7. The molecular formula is C24H27ClN2OS. The fraction of sp³-hybridized carbons (Fsp3) is 0.333. The van der Waals surface area contributed by atoms with Gasteiger partial charge in [-0.25, -0.2) is 0 Å². The summed E-state index contributed by atoms with van der Waals surface area (Å²) in [5.74, 6) is 0.391. The molecule has 1 saturated heterocycles. The molecule has 5 heteroatoms. The smallest absolute Gasteiger partial charge is 0.225 e. The van der Waals surface area contributed by atoms with Crippen LogP contribution in [-0.4, -0.2) is 34.1 Å². The number of pyridine rings is 1. The fourth-order valence-corrected chi connectivity index (χ4v) is 4.87. The molecule has 0 aliphatic carbocycles. The van der Waals surface area contributed by atoms with Crippen molar-refractivity contribution in [1.82, 2.24) is 9.88 Å². The maximum atomic E-state index is 12.1. The van der Waals surface area contributed by atoms with Crippen molar-refractivity contribution < 1.29 is 4.79 Å². The van der Waals surface area contributed by atoms with Crippen molar-refractivity contribution in [2.24, 2.45) is 5.92 Å². The first-order valence-electron chi connectivity index (χ1n) is 10.00. The summed E-state index contributed by atoms with van der Waals surface area (Å²) in [6.07, 6.45) is 5.89. The maximum absolute atomic E-state index is 12.1. The molecule has 2 heterocycles. The van der Waals surface area contributed by atoms with Gasteiger partial charge >= 0.3 is 0 Å². The normalized spacial score (nSPS) is 14.8. The van der Waals surface area contributed by atoms with Crippen LogP contribution in [0.25, 0.3) is 21.9 Å². The van der Waals surface area contributed by atoms with E-state index in [0.29, 0.717) is 11.2 Å². The summed E-state index contributed by atoms with van der Waals surface area (Å²) in [5, 5.41) is 2.98. The molecule has 0 unspecified atom stereocenters. The van der Waals surface area contributed by atoms with Gasteiger partial charge in [-0.1, -0.05) is 38.1 Å². The second-order valence-electron chi connectivity index (χ2n) is 7.76. The lowest BCUT2D eigenvalue weighted by molar-refractivity contribution is -0.135. The summed E-state index contributed by atoms with van der Waals surface area (Å²) >= 11 is 1.95. The van der Waals surface area contributed by atoms with E-state index >= 15 is 0 Å². The number of amides is 1. The van der Waals surface area contributed by atoms with Crippen LogP contribution < -0.4 is 0 Å². The van der Waals surface area contributed by atoms with E-state index in [4.69, 9.17) is 0 Å². The molecule has 0 atom stereocenters. The lowest BCUT2D eigenvalue weighted by Crippen LogP contribution is -2.41. The average Bonchev–Trinajstić information content (AvgIpc) is 2.74. The predicted molar refractivity (Wildman–Crippen MR) is 125 cm³/mol. The fourth-order valence-electron chi connectivity index (χ4n) is 3.74. The van der Waals surface area contributed by atoms with Crippen LogP contribution in [0.1, 0.15) is 26.7 Å². The van der Waals surface area contributed by atoms with Crippen molar-refractivity contribution in [3.05, 3.63) is 60.9 Å². The molecule has 0 radical (unpaired) electrons. The second kappa shape index (κ2) is 9.64. The Bertz CT molecular complexity index is 966. The molecule has 3 nitrogen and oxygen atoms in total. The zero-order chi connectivity index (χ0) is 19.5. The summed E-state index contributed by atoms with van der Waals surface area (Å²) in [5.41, 5.74) is 2.47. The lowest BCUT2D eigenvalue weighted by Gasteiger charge is -2.32. The molecule has 0 N–H and O–H groups in total. The number of carbonyl (C=O) groups is 1. The Morgan fingerprint density at radius 2 is 1.69 bits per heavy atom. The number of thioether (sulfide) groups is 1. The molecule has 0 bridgehead atoms. The second-order valence-corrected chi connectivity index (χ2v) is 9.13. The Morgan fingerprint density at radius 3 is 2.38 bits per heavy atom. The molecule has 29 heavy (non-hydrogen) atoms. The van der Waals surface area contributed by atoms with E-state index in [1.54, 1.807) is 0 Å². The number of benzene rings is 2. The number of likely N-dealkylation sites (tertiary alicyclic amines) is 1. The standard InChI is InChI=1S/C24H26N2OS.ClH/c1-17(2)24(27)26-13-10-23(11-14-26)28-22-7-5-18(6-8-22)19-3-4-21-16-25-12-9-20(21)15-19;/h3-9,12,15-17,23H,10-11,13-14H2,1-2H3;1H. The van der Waals surface area contributed by atoms with Crippen LogP contribution in [0.5, 0.6) is 0 Å². The van der Waals surface area contributed by atoms with Crippen molar-refractivity contribution in [3.63, 3.8) is 0 Å². The van der Waals surface area contributed by atoms with Gasteiger partial charge in [0.2, 0.25) is 5.91 Å². The van der Waals surface area contributed by atoms with Crippen LogP contribution in [0.15, 0.2) is 65.8 Å². The Morgan fingerprint density at radius 1 is 1.00 bits per heavy atom. The van der Waals surface area contributed by atoms with Crippen molar-refractivity contribution in [1.29, 1.82) is 0 Å². The van der Waals surface area contributed by atoms with Crippen LogP contribution in [0.4, 0.5) is 0 Å². The van der Waals surface area contributed by atoms with Gasteiger partial charge in [-0.2, -0.15) is 0 Å². The Kier molecular flexibility index (Phi) is 7.20. The van der Waals surface area contributed by atoms with E-state index in [1.807, 2.05) is 42.9 Å². The molecule has 3 aromatic rings. The summed E-state index contributed by atoms with van der Waals surface area (Å²) < 4.78 is 0. The van der Waals surface area contributed by atoms with Gasteiger partial charge in [0.25, 0.3) is 0 Å². The zero-order valence-corrected chi connectivity index (χ0v) is 18.5. The van der Waals surface area contributed by atoms with Crippen molar-refractivity contribution in [2.75, 3.05) is 13.1 Å². The minimum atomic E-state index is 0. The Labute approximate surface area is 183 Å². The minimum absolute atomic E-state index is 0. The highest BCUT2D eigenvalue weighted by Gasteiger charge is 2.24. The zero-order valence-electron chi connectivity index (χ0n) is 16.9. The first-order chi connectivity index (χ1) is 13.6. The van der Waals surface area contributed by atoms with Crippen LogP contribution in [0, 0.1) is 5.92 Å². The number of halogens is 1. The summed E-state index contributed by atoms with van der Waals surface area (Å²) in [7, 11) is 0. The Hall–Kier alpha value is -2.04. The molecule has 1 aliphatic rings. The third-order valence-corrected chi connectivity index (χ3v) is 6.73. The van der Waals surface area contributed by atoms with E-state index in [0.717, 1.165) is 25.9 Å². The predicted octanol–water partition coefficient (Wildman–Crippen LogP) is 6.06. The third-order valence-electron chi connectivity index (χ3n) is 5.38. The third kappa shape index (κ3) is 5.12. The number of piperidine rings is 1. The minimum Gasteiger partial charge on any atom is -0.342 e. The van der Waals surface area contributed by atoms with Crippen molar-refractivity contribution in [2.45, 2.75) is 36.8 Å². The van der Waals surface area contributed by atoms with E-state index < -0.39 is 0 Å². The summed E-state index contributed by atoms with van der Waals surface area (Å²) in [6, 6.07) is 17.4. The highest BCUT2D eigenvalue weighted by atomic mass is 35.5. The first-order valence-corrected chi connectivity index (χ1v) is 10.9. The van der Waals surface area contributed by atoms with Gasteiger partial charge in [0, 0.05) is 46.9 Å². The number of rotatable bonds is 4. The highest BCUT2D eigenvalue weighted by molar-refractivity contribution is 8.00. The summed E-state index contributed by atoms with van der Waals surface area (Å²) in [6.45, 7) is 5.74. The van der Waals surface area contributed by atoms with Crippen LogP contribution in [-0.2, 0) is 4.79 Å². The van der Waals surface area contributed by atoms with Gasteiger partial charge in [0.15, 0.2) is 0 Å². The topological polar surface area (TPSA) is 33.2 Å². The maximum Gasteiger partial charge on any atom is 0.225 e. The van der Waals surface area contributed by atoms with E-state index in [1.165, 1.54) is 26.8 Å². The summed E-state index contributed by atoms with van der Waals surface area (Å²) in [4.78, 5) is 19.6. The molecule has 0 saturated carbocycles. The molecule has 4 rings (SSSR count). The van der Waals surface area contributed by atoms with Crippen LogP contribution >= 0.6 is 24.2 Å². The number of nitrogens with zero attached hydrogens (tertiary/aromatic N) is 2. The number of fused-ring (bicyclic) bond motifs is 1. The molecule has 1 aromatic heterocycles. The quantitative estimate of drug-likeness (QED) is 0.508. The molecule has 1 fully saturated rings. The van der Waals surface area contributed by atoms with E-state index in [2.05, 4.69) is 53.5 Å². The monoisotopic (exact) mass is 426 g/mol. The molecular weight excluding hydrogens is 400 g/mol. The number of hydrogen-bond acceptors (Lipinski definition) is 3. The number of hydrogen-bond donors (Lipinski definition) is 0. The van der Waals surface area contributed by atoms with Crippen molar-refractivity contribution in [3.8, 4) is 11.1 Å². The van der Waals surface area contributed by atoms with Gasteiger partial charge in [-0.15, -0.1) is 24.2 Å². The SMILES string of the molecule is CC(C)C(=O)N1CCC(Sc2ccc(-c3ccc4cnccc4c3)cc2)CC1.Cl. The van der Waals surface area contributed by atoms with Gasteiger partial charge in [-0.3, -0.25) is 9.78 Å². The van der Waals surface area contributed by atoms with E-state index in [-0.39, 0.29) is 18.3 Å². The molecule has 1 amide bonds. The van der Waals surface area contributed by atoms with Crippen LogP contribution in [0.3, 0.4) is 0 Å². The largest absolute Gasteiger partial charge is 0.342 e. The number of carbonyl (C=O) groups excluding carboxylic acids is 1. The molecule has 0 spiro atoms. The van der Waals surface area contributed by atoms with Gasteiger partial charge < -0.3 is 4.90 Å². The highest BCUT2D eigenvalue weighted by Crippen LogP contribution is 2.32. The van der Waals surface area contributed by atoms with Gasteiger partial charge in [-0.05, 0) is 53.6 Å². The van der Waals surface area contributed by atoms with Gasteiger partial charge in [0.1, 0.15) is 0 Å².